The van der Waals surface area contributed by atoms with Crippen molar-refractivity contribution in [2.24, 2.45) is 0 Å². The highest BCUT2D eigenvalue weighted by molar-refractivity contribution is 5.78. The Morgan fingerprint density at radius 3 is 2.90 bits per heavy atom. The fourth-order valence-electron chi connectivity index (χ4n) is 3.61. The van der Waals surface area contributed by atoms with Gasteiger partial charge in [-0.1, -0.05) is 6.42 Å². The quantitative estimate of drug-likeness (QED) is 0.633. The first-order valence-electron chi connectivity index (χ1n) is 10.6. The summed E-state index contributed by atoms with van der Waals surface area (Å²) in [6.45, 7) is 9.85. The normalized spacial score (nSPS) is 17.1. The molecule has 29 heavy (non-hydrogen) atoms. The minimum absolute atomic E-state index is 0.124. The number of carbonyl (C=O) groups is 1. The van der Waals surface area contributed by atoms with E-state index in [2.05, 4.69) is 29.0 Å². The Morgan fingerprint density at radius 2 is 2.10 bits per heavy atom. The molecule has 2 aromatic rings. The smallest absolute Gasteiger partial charge is 0.410 e. The summed E-state index contributed by atoms with van der Waals surface area (Å²) in [6.07, 6.45) is 6.73. The molecular weight excluding hydrogens is 366 g/mol. The number of carbonyl (C=O) groups excluding carboxylic acids is 1. The summed E-state index contributed by atoms with van der Waals surface area (Å²) in [5, 5.41) is 1.13. The second-order valence-corrected chi connectivity index (χ2v) is 8.82. The number of aryl methyl sites for hydroxylation is 2. The molecule has 0 radical (unpaired) electrons. The van der Waals surface area contributed by atoms with Crippen molar-refractivity contribution in [2.45, 2.75) is 71.5 Å². The molecule has 1 saturated heterocycles. The molecule has 2 aromatic heterocycles. The molecule has 0 aliphatic carbocycles. The van der Waals surface area contributed by atoms with Gasteiger partial charge in [0, 0.05) is 30.4 Å². The lowest BCUT2D eigenvalue weighted by Gasteiger charge is -2.24. The fraction of sp³-hybridized carbons (Fsp3) is 0.609. The van der Waals surface area contributed by atoms with E-state index in [1.54, 1.807) is 11.1 Å². The van der Waals surface area contributed by atoms with Crippen LogP contribution >= 0.6 is 0 Å². The van der Waals surface area contributed by atoms with E-state index in [9.17, 15) is 4.79 Å². The van der Waals surface area contributed by atoms with E-state index < -0.39 is 5.60 Å². The number of rotatable bonds is 7. The number of hydrogen-bond donors (Lipinski definition) is 0. The van der Waals surface area contributed by atoms with E-state index in [0.717, 1.165) is 55.4 Å². The average Bonchev–Trinajstić information content (AvgIpc) is 3.12. The summed E-state index contributed by atoms with van der Waals surface area (Å²) in [4.78, 5) is 22.9. The molecule has 1 atom stereocenters. The highest BCUT2D eigenvalue weighted by Crippen LogP contribution is 2.19. The number of hydrogen-bond acceptors (Lipinski definition) is 5. The molecule has 6 nitrogen and oxygen atoms in total. The zero-order chi connectivity index (χ0) is 20.9. The molecule has 0 spiro atoms. The largest absolute Gasteiger partial charge is 0.444 e. The van der Waals surface area contributed by atoms with Crippen LogP contribution in [0.3, 0.4) is 0 Å². The number of amides is 1. The summed E-state index contributed by atoms with van der Waals surface area (Å²) >= 11 is 0. The van der Waals surface area contributed by atoms with Crippen LogP contribution in [-0.2, 0) is 15.9 Å². The Morgan fingerprint density at radius 1 is 1.28 bits per heavy atom. The van der Waals surface area contributed by atoms with Crippen LogP contribution in [0, 0.1) is 6.92 Å². The molecule has 0 N–H and O–H groups in total. The number of fused-ring (bicyclic) bond motifs is 1. The Kier molecular flexibility index (Phi) is 7.06. The maximum atomic E-state index is 12.1. The Balaban J connectivity index is 1.32. The maximum Gasteiger partial charge on any atom is 0.410 e. The van der Waals surface area contributed by atoms with Crippen LogP contribution in [0.15, 0.2) is 24.4 Å². The van der Waals surface area contributed by atoms with Gasteiger partial charge in [0.15, 0.2) is 5.65 Å². The van der Waals surface area contributed by atoms with Crippen LogP contribution in [-0.4, -0.2) is 52.4 Å². The third kappa shape index (κ3) is 6.39. The van der Waals surface area contributed by atoms with E-state index in [1.165, 1.54) is 5.56 Å². The fourth-order valence-corrected chi connectivity index (χ4v) is 3.61. The standard InChI is InChI=1S/C23H33N3O3/c1-17-15-18(25-21-20(17)10-8-12-24-21)9-6-5-7-14-28-19-11-13-26(16-19)22(27)29-23(2,3)4/h8,10,12,15,19H,5-7,9,11,13-14,16H2,1-4H3. The Labute approximate surface area is 173 Å². The van der Waals surface area contributed by atoms with Gasteiger partial charge in [-0.2, -0.15) is 0 Å². The SMILES string of the molecule is Cc1cc(CCCCCOC2CCN(C(=O)OC(C)(C)C)C2)nc2ncccc12. The van der Waals surface area contributed by atoms with Crippen LogP contribution in [0.5, 0.6) is 0 Å². The van der Waals surface area contributed by atoms with Crippen molar-refractivity contribution in [1.82, 2.24) is 14.9 Å². The van der Waals surface area contributed by atoms with Gasteiger partial charge in [0.25, 0.3) is 0 Å². The highest BCUT2D eigenvalue weighted by atomic mass is 16.6. The van der Waals surface area contributed by atoms with Gasteiger partial charge in [-0.25, -0.2) is 14.8 Å². The molecule has 1 unspecified atom stereocenters. The van der Waals surface area contributed by atoms with Crippen molar-refractivity contribution in [3.8, 4) is 0 Å². The van der Waals surface area contributed by atoms with Gasteiger partial charge in [-0.15, -0.1) is 0 Å². The van der Waals surface area contributed by atoms with Gasteiger partial charge >= 0.3 is 6.09 Å². The van der Waals surface area contributed by atoms with E-state index in [1.807, 2.05) is 26.8 Å². The molecule has 0 saturated carbocycles. The van der Waals surface area contributed by atoms with Crippen LogP contribution < -0.4 is 0 Å². The molecule has 1 aliphatic rings. The second kappa shape index (κ2) is 9.53. The first kappa shape index (κ1) is 21.5. The average molecular weight is 400 g/mol. The lowest BCUT2D eigenvalue weighted by molar-refractivity contribution is 0.0206. The van der Waals surface area contributed by atoms with Gasteiger partial charge in [-0.3, -0.25) is 0 Å². The summed E-state index contributed by atoms with van der Waals surface area (Å²) < 4.78 is 11.4. The topological polar surface area (TPSA) is 64.5 Å². The monoisotopic (exact) mass is 399 g/mol. The van der Waals surface area contributed by atoms with Crippen molar-refractivity contribution >= 4 is 17.1 Å². The number of unbranched alkanes of at least 4 members (excludes halogenated alkanes) is 2. The van der Waals surface area contributed by atoms with E-state index in [-0.39, 0.29) is 12.2 Å². The highest BCUT2D eigenvalue weighted by Gasteiger charge is 2.30. The number of ether oxygens (including phenoxy) is 2. The molecule has 0 aromatic carbocycles. The van der Waals surface area contributed by atoms with Crippen molar-refractivity contribution < 1.29 is 14.3 Å². The lowest BCUT2D eigenvalue weighted by Crippen LogP contribution is -2.36. The Hall–Kier alpha value is -2.21. The predicted octanol–water partition coefficient (Wildman–Crippen LogP) is 4.68. The Bertz CT molecular complexity index is 832. The van der Waals surface area contributed by atoms with E-state index in [4.69, 9.17) is 9.47 Å². The van der Waals surface area contributed by atoms with E-state index in [0.29, 0.717) is 13.1 Å². The summed E-state index contributed by atoms with van der Waals surface area (Å²) in [5.41, 5.74) is 2.72. The van der Waals surface area contributed by atoms with Crippen LogP contribution in [0.25, 0.3) is 11.0 Å². The molecule has 158 valence electrons. The van der Waals surface area contributed by atoms with Crippen molar-refractivity contribution in [3.05, 3.63) is 35.7 Å². The molecule has 1 amide bonds. The molecule has 1 aliphatic heterocycles. The maximum absolute atomic E-state index is 12.1. The van der Waals surface area contributed by atoms with Gasteiger partial charge in [0.2, 0.25) is 0 Å². The van der Waals surface area contributed by atoms with Crippen LogP contribution in [0.1, 0.15) is 57.7 Å². The molecule has 6 heteroatoms. The first-order valence-corrected chi connectivity index (χ1v) is 10.6. The zero-order valence-corrected chi connectivity index (χ0v) is 18.1. The van der Waals surface area contributed by atoms with Gasteiger partial charge in [0.05, 0.1) is 12.6 Å². The molecule has 0 bridgehead atoms. The van der Waals surface area contributed by atoms with Crippen molar-refractivity contribution in [1.29, 1.82) is 0 Å². The number of pyridine rings is 2. The minimum Gasteiger partial charge on any atom is -0.444 e. The van der Waals surface area contributed by atoms with E-state index >= 15 is 0 Å². The van der Waals surface area contributed by atoms with Crippen molar-refractivity contribution in [2.75, 3.05) is 19.7 Å². The number of nitrogens with zero attached hydrogens (tertiary/aromatic N) is 3. The molecule has 3 heterocycles. The molecular formula is C23H33N3O3. The van der Waals surface area contributed by atoms with Gasteiger partial charge in [0.1, 0.15) is 5.60 Å². The van der Waals surface area contributed by atoms with Crippen LogP contribution in [0.2, 0.25) is 0 Å². The summed E-state index contributed by atoms with van der Waals surface area (Å²) in [6, 6.07) is 6.19. The number of aromatic nitrogens is 2. The minimum atomic E-state index is -0.454. The van der Waals surface area contributed by atoms with Gasteiger partial charge < -0.3 is 14.4 Å². The van der Waals surface area contributed by atoms with Gasteiger partial charge in [-0.05, 0) is 77.1 Å². The zero-order valence-electron chi connectivity index (χ0n) is 18.1. The molecule has 1 fully saturated rings. The molecule has 3 rings (SSSR count). The third-order valence-electron chi connectivity index (χ3n) is 5.07. The predicted molar refractivity (Wildman–Crippen MR) is 114 cm³/mol. The van der Waals surface area contributed by atoms with Crippen LogP contribution in [0.4, 0.5) is 4.79 Å². The second-order valence-electron chi connectivity index (χ2n) is 8.82. The third-order valence-corrected chi connectivity index (χ3v) is 5.07. The first-order chi connectivity index (χ1) is 13.8. The summed E-state index contributed by atoms with van der Waals surface area (Å²) in [5.74, 6) is 0. The van der Waals surface area contributed by atoms with Crippen molar-refractivity contribution in [3.63, 3.8) is 0 Å². The summed E-state index contributed by atoms with van der Waals surface area (Å²) in [7, 11) is 0. The number of likely N-dealkylation sites (tertiary alicyclic amines) is 1. The lowest BCUT2D eigenvalue weighted by atomic mass is 10.1.